The predicted molar refractivity (Wildman–Crippen MR) is 65.1 cm³/mol. The van der Waals surface area contributed by atoms with Crippen LogP contribution in [-0.2, 0) is 20.9 Å². The van der Waals surface area contributed by atoms with Crippen molar-refractivity contribution in [2.75, 3.05) is 0 Å². The van der Waals surface area contributed by atoms with Crippen LogP contribution in [0.1, 0.15) is 18.4 Å². The van der Waals surface area contributed by atoms with Gasteiger partial charge >= 0.3 is 5.97 Å². The molecule has 102 valence electrons. The number of aliphatic hydroxyl groups excluding tert-OH is 1. The first kappa shape index (κ1) is 12.6. The third-order valence-corrected chi connectivity index (χ3v) is 3.78. The van der Waals surface area contributed by atoms with Gasteiger partial charge in [-0.3, -0.25) is 0 Å². The summed E-state index contributed by atoms with van der Waals surface area (Å²) in [7, 11) is 0. The number of hydrogen-bond acceptors (Lipinski definition) is 5. The van der Waals surface area contributed by atoms with Crippen LogP contribution in [0.25, 0.3) is 0 Å². The van der Waals surface area contributed by atoms with E-state index in [-0.39, 0.29) is 12.8 Å². The van der Waals surface area contributed by atoms with E-state index in [0.29, 0.717) is 6.61 Å². The zero-order valence-corrected chi connectivity index (χ0v) is 10.4. The van der Waals surface area contributed by atoms with Gasteiger partial charge in [0.1, 0.15) is 12.2 Å². The number of ether oxygens (including phenoxy) is 2. The number of carbonyl (C=O) groups excluding carboxylic acids is 1. The van der Waals surface area contributed by atoms with E-state index in [4.69, 9.17) is 9.47 Å². The molecule has 1 aromatic carbocycles. The molecule has 3 rings (SSSR count). The Morgan fingerprint density at radius 2 is 2.05 bits per heavy atom. The van der Waals surface area contributed by atoms with Gasteiger partial charge in [0, 0.05) is 12.8 Å². The maximum Gasteiger partial charge on any atom is 0.338 e. The average Bonchev–Trinajstić information content (AvgIpc) is 2.67. The van der Waals surface area contributed by atoms with Gasteiger partial charge in [0.05, 0.1) is 12.7 Å². The number of hydrogen-bond donors (Lipinski definition) is 2. The summed E-state index contributed by atoms with van der Waals surface area (Å²) in [6.07, 6.45) is -1.90. The lowest BCUT2D eigenvalue weighted by atomic mass is 9.82. The number of carbonyl (C=O) groups is 1. The fraction of sp³-hybridized carbons (Fsp3) is 0.500. The van der Waals surface area contributed by atoms with Gasteiger partial charge in [0.2, 0.25) is 0 Å². The van der Waals surface area contributed by atoms with Crippen molar-refractivity contribution in [1.29, 1.82) is 0 Å². The van der Waals surface area contributed by atoms with Gasteiger partial charge in [0.25, 0.3) is 0 Å². The van der Waals surface area contributed by atoms with Gasteiger partial charge < -0.3 is 19.7 Å². The van der Waals surface area contributed by atoms with Gasteiger partial charge in [-0.1, -0.05) is 30.3 Å². The number of esters is 1. The highest BCUT2D eigenvalue weighted by Gasteiger charge is 2.57. The Labute approximate surface area is 110 Å². The number of aliphatic hydroxyl groups is 2. The summed E-state index contributed by atoms with van der Waals surface area (Å²) in [5, 5.41) is 20.2. The summed E-state index contributed by atoms with van der Waals surface area (Å²) < 4.78 is 10.6. The van der Waals surface area contributed by atoms with Gasteiger partial charge in [-0.15, -0.1) is 0 Å². The van der Waals surface area contributed by atoms with Gasteiger partial charge in [-0.05, 0) is 5.56 Å². The van der Waals surface area contributed by atoms with Crippen molar-refractivity contribution in [2.24, 2.45) is 0 Å². The van der Waals surface area contributed by atoms with E-state index in [9.17, 15) is 15.0 Å². The first-order chi connectivity index (χ1) is 9.08. The van der Waals surface area contributed by atoms with Crippen LogP contribution in [0.5, 0.6) is 0 Å². The molecule has 2 aliphatic rings. The minimum absolute atomic E-state index is 0.0797. The molecule has 0 unspecified atom stereocenters. The lowest BCUT2D eigenvalue weighted by molar-refractivity contribution is -0.154. The van der Waals surface area contributed by atoms with E-state index >= 15 is 0 Å². The van der Waals surface area contributed by atoms with Crippen molar-refractivity contribution >= 4 is 5.97 Å². The zero-order chi connectivity index (χ0) is 13.5. The second-order valence-electron chi connectivity index (χ2n) is 5.21. The summed E-state index contributed by atoms with van der Waals surface area (Å²) in [5.74, 6) is -0.651. The van der Waals surface area contributed by atoms with E-state index in [1.165, 1.54) is 0 Å². The molecule has 0 radical (unpaired) electrons. The number of fused-ring (bicyclic) bond motifs is 2. The summed E-state index contributed by atoms with van der Waals surface area (Å²) in [6, 6.07) is 9.55. The number of rotatable bonds is 3. The molecule has 1 aromatic rings. The first-order valence-corrected chi connectivity index (χ1v) is 6.35. The lowest BCUT2D eigenvalue weighted by Gasteiger charge is -2.33. The molecule has 1 saturated heterocycles. The topological polar surface area (TPSA) is 76.0 Å². The summed E-state index contributed by atoms with van der Waals surface area (Å²) in [6.45, 7) is 0.333. The van der Waals surface area contributed by atoms with E-state index in [0.717, 1.165) is 5.56 Å². The molecule has 5 nitrogen and oxygen atoms in total. The average molecular weight is 264 g/mol. The highest BCUT2D eigenvalue weighted by Crippen LogP contribution is 2.39. The summed E-state index contributed by atoms with van der Waals surface area (Å²) in [5.41, 5.74) is -0.516. The van der Waals surface area contributed by atoms with Gasteiger partial charge in [-0.2, -0.15) is 0 Å². The van der Waals surface area contributed by atoms with Crippen LogP contribution in [0.2, 0.25) is 0 Å². The second kappa shape index (κ2) is 4.59. The number of benzene rings is 1. The highest BCUT2D eigenvalue weighted by atomic mass is 16.6. The van der Waals surface area contributed by atoms with E-state index in [1.807, 2.05) is 30.3 Å². The summed E-state index contributed by atoms with van der Waals surface area (Å²) >= 11 is 0. The van der Waals surface area contributed by atoms with Crippen LogP contribution in [0.4, 0.5) is 0 Å². The van der Waals surface area contributed by atoms with Crippen LogP contribution in [0.15, 0.2) is 30.3 Å². The fourth-order valence-electron chi connectivity index (χ4n) is 2.69. The molecular weight excluding hydrogens is 248 g/mol. The second-order valence-corrected chi connectivity index (χ2v) is 5.21. The predicted octanol–water partition coefficient (Wildman–Crippen LogP) is 0.383. The lowest BCUT2D eigenvalue weighted by Crippen LogP contribution is -2.49. The van der Waals surface area contributed by atoms with E-state index in [2.05, 4.69) is 0 Å². The molecule has 1 aliphatic heterocycles. The smallest absolute Gasteiger partial charge is 0.338 e. The van der Waals surface area contributed by atoms with Gasteiger partial charge in [-0.25, -0.2) is 4.79 Å². The fourth-order valence-corrected chi connectivity index (χ4v) is 2.69. The summed E-state index contributed by atoms with van der Waals surface area (Å²) in [4.78, 5) is 11.5. The van der Waals surface area contributed by atoms with Crippen molar-refractivity contribution in [3.8, 4) is 0 Å². The SMILES string of the molecule is O=C1O[C@@H]2C[C@@]1(O)C[C@@H](OCc1ccccc1)[C@H]2O. The molecule has 2 N–H and O–H groups in total. The molecule has 0 amide bonds. The quantitative estimate of drug-likeness (QED) is 0.772. The molecular formula is C14H16O5. The molecule has 0 spiro atoms. The molecule has 19 heavy (non-hydrogen) atoms. The maximum atomic E-state index is 11.5. The maximum absolute atomic E-state index is 11.5. The van der Waals surface area contributed by atoms with Crippen molar-refractivity contribution in [3.05, 3.63) is 35.9 Å². The van der Waals surface area contributed by atoms with Crippen LogP contribution >= 0.6 is 0 Å². The normalized spacial score (nSPS) is 37.2. The zero-order valence-electron chi connectivity index (χ0n) is 10.4. The molecule has 5 heteroatoms. The van der Waals surface area contributed by atoms with Crippen molar-refractivity contribution < 1.29 is 24.5 Å². The van der Waals surface area contributed by atoms with E-state index in [1.54, 1.807) is 0 Å². The van der Waals surface area contributed by atoms with Crippen LogP contribution in [0.3, 0.4) is 0 Å². The van der Waals surface area contributed by atoms with Crippen LogP contribution < -0.4 is 0 Å². The molecule has 1 aliphatic carbocycles. The van der Waals surface area contributed by atoms with E-state index < -0.39 is 29.9 Å². The Kier molecular flexibility index (Phi) is 3.05. The molecule has 2 fully saturated rings. The van der Waals surface area contributed by atoms with Crippen molar-refractivity contribution in [2.45, 2.75) is 43.4 Å². The largest absolute Gasteiger partial charge is 0.457 e. The first-order valence-electron chi connectivity index (χ1n) is 6.35. The molecule has 4 atom stereocenters. The molecule has 0 aromatic heterocycles. The van der Waals surface area contributed by atoms with Gasteiger partial charge in [0.15, 0.2) is 5.60 Å². The Hall–Kier alpha value is -1.43. The molecule has 1 heterocycles. The standard InChI is InChI=1S/C14H16O5/c15-12-10(18-8-9-4-2-1-3-5-9)6-14(17)7-11(12)19-13(14)16/h1-5,10-12,15,17H,6-8H2/t10-,11-,12-,14+/m1/s1. The van der Waals surface area contributed by atoms with Crippen molar-refractivity contribution in [1.82, 2.24) is 0 Å². The monoisotopic (exact) mass is 264 g/mol. The third kappa shape index (κ3) is 2.25. The Bertz CT molecular complexity index is 474. The third-order valence-electron chi connectivity index (χ3n) is 3.78. The van der Waals surface area contributed by atoms with Crippen LogP contribution in [-0.4, -0.2) is 40.1 Å². The Balaban J connectivity index is 1.67. The molecule has 1 saturated carbocycles. The highest BCUT2D eigenvalue weighted by molar-refractivity contribution is 5.82. The Morgan fingerprint density at radius 1 is 1.32 bits per heavy atom. The Morgan fingerprint density at radius 3 is 2.79 bits per heavy atom. The minimum atomic E-state index is -1.49. The van der Waals surface area contributed by atoms with Crippen molar-refractivity contribution in [3.63, 3.8) is 0 Å². The van der Waals surface area contributed by atoms with Crippen LogP contribution in [0, 0.1) is 0 Å². The molecule has 2 bridgehead atoms. The minimum Gasteiger partial charge on any atom is -0.457 e.